The highest BCUT2D eigenvalue weighted by Crippen LogP contribution is 2.36. The summed E-state index contributed by atoms with van der Waals surface area (Å²) in [5.74, 6) is -1.01. The normalized spacial score (nSPS) is 15.9. The zero-order chi connectivity index (χ0) is 28.2. The van der Waals surface area contributed by atoms with Gasteiger partial charge in [-0.25, -0.2) is 22.5 Å². The number of fused-ring (bicyclic) bond motifs is 1. The molecule has 39 heavy (non-hydrogen) atoms. The number of unbranched alkanes of at least 4 members (excludes halogenated alkanes) is 1. The molecule has 1 amide bonds. The first-order valence-corrected chi connectivity index (χ1v) is 16.1. The molecule has 0 spiro atoms. The van der Waals surface area contributed by atoms with Crippen molar-refractivity contribution in [1.29, 1.82) is 0 Å². The molecule has 0 saturated carbocycles. The summed E-state index contributed by atoms with van der Waals surface area (Å²) in [6.45, 7) is 3.34. The van der Waals surface area contributed by atoms with E-state index in [0.29, 0.717) is 40.2 Å². The number of quaternary nitrogens is 1. The predicted octanol–water partition coefficient (Wildman–Crippen LogP) is 5.26. The van der Waals surface area contributed by atoms with Crippen molar-refractivity contribution >= 4 is 60.4 Å². The molecule has 0 atom stereocenters. The Morgan fingerprint density at radius 3 is 2.49 bits per heavy atom. The van der Waals surface area contributed by atoms with Crippen molar-refractivity contribution in [2.75, 3.05) is 32.5 Å². The van der Waals surface area contributed by atoms with Crippen LogP contribution in [-0.2, 0) is 26.4 Å². The SMILES string of the molecule is CCCCOC(=O)c1c([N+]2(C(=O)CCS(=O)(=O)c3ccc4cc(Cl)ccc4c3)CCCCC2)sc(=NC)n1C. The molecular weight excluding hydrogens is 558 g/mol. The van der Waals surface area contributed by atoms with Gasteiger partial charge in [0.25, 0.3) is 0 Å². The van der Waals surface area contributed by atoms with E-state index in [1.165, 1.54) is 11.3 Å². The van der Waals surface area contributed by atoms with Crippen LogP contribution in [0.15, 0.2) is 46.3 Å². The minimum absolute atomic E-state index is 0.0576. The average Bonchev–Trinajstić information content (AvgIpc) is 3.28. The number of nitrogens with zero attached hydrogens (tertiary/aromatic N) is 3. The Morgan fingerprint density at radius 1 is 1.10 bits per heavy atom. The maximum atomic E-state index is 14.0. The molecular formula is C28H35ClN3O5S2+. The second-order valence-corrected chi connectivity index (χ2v) is 13.4. The van der Waals surface area contributed by atoms with Gasteiger partial charge in [-0.15, -0.1) is 0 Å². The second-order valence-electron chi connectivity index (χ2n) is 9.90. The third-order valence-electron chi connectivity index (χ3n) is 7.29. The maximum absolute atomic E-state index is 14.0. The fourth-order valence-electron chi connectivity index (χ4n) is 5.09. The second kappa shape index (κ2) is 12.3. The smallest absolute Gasteiger partial charge is 0.362 e. The molecule has 0 bridgehead atoms. The van der Waals surface area contributed by atoms with Crippen molar-refractivity contribution in [2.24, 2.45) is 12.0 Å². The monoisotopic (exact) mass is 592 g/mol. The number of amides is 1. The van der Waals surface area contributed by atoms with E-state index in [2.05, 4.69) is 4.99 Å². The molecule has 4 rings (SSSR count). The summed E-state index contributed by atoms with van der Waals surface area (Å²) in [7, 11) is -0.331. The van der Waals surface area contributed by atoms with Crippen molar-refractivity contribution < 1.29 is 22.7 Å². The summed E-state index contributed by atoms with van der Waals surface area (Å²) in [5, 5.41) is 2.77. The molecule has 0 unspecified atom stereocenters. The van der Waals surface area contributed by atoms with Gasteiger partial charge in [-0.3, -0.25) is 4.99 Å². The molecule has 8 nitrogen and oxygen atoms in total. The van der Waals surface area contributed by atoms with E-state index in [1.54, 1.807) is 55.1 Å². The number of thiazole rings is 1. The fourth-order valence-corrected chi connectivity index (χ4v) is 7.80. The van der Waals surface area contributed by atoms with Crippen molar-refractivity contribution in [3.63, 3.8) is 0 Å². The number of hydrogen-bond acceptors (Lipinski definition) is 7. The molecule has 2 aromatic carbocycles. The number of carbonyl (C=O) groups is 2. The molecule has 1 aromatic heterocycles. The first kappa shape index (κ1) is 29.5. The Hall–Kier alpha value is -2.53. The van der Waals surface area contributed by atoms with Gasteiger partial charge >= 0.3 is 11.9 Å². The quantitative estimate of drug-likeness (QED) is 0.192. The van der Waals surface area contributed by atoms with Crippen LogP contribution in [0.5, 0.6) is 0 Å². The number of piperidine rings is 1. The summed E-state index contributed by atoms with van der Waals surface area (Å²) < 4.78 is 33.8. The van der Waals surface area contributed by atoms with E-state index in [-0.39, 0.29) is 27.5 Å². The summed E-state index contributed by atoms with van der Waals surface area (Å²) >= 11 is 7.37. The number of halogens is 1. The highest BCUT2D eigenvalue weighted by atomic mass is 35.5. The maximum Gasteiger partial charge on any atom is 0.362 e. The molecule has 210 valence electrons. The Balaban J connectivity index is 1.65. The lowest BCUT2D eigenvalue weighted by molar-refractivity contribution is -0.130. The van der Waals surface area contributed by atoms with E-state index >= 15 is 0 Å². The van der Waals surface area contributed by atoms with Gasteiger partial charge in [0, 0.05) is 19.1 Å². The van der Waals surface area contributed by atoms with Gasteiger partial charge < -0.3 is 9.30 Å². The lowest BCUT2D eigenvalue weighted by atomic mass is 10.1. The third kappa shape index (κ3) is 6.14. The van der Waals surface area contributed by atoms with Crippen LogP contribution in [0.25, 0.3) is 10.8 Å². The van der Waals surface area contributed by atoms with Crippen molar-refractivity contribution in [3.05, 3.63) is 51.9 Å². The van der Waals surface area contributed by atoms with E-state index in [4.69, 9.17) is 16.3 Å². The van der Waals surface area contributed by atoms with Crippen molar-refractivity contribution in [2.45, 2.75) is 50.3 Å². The van der Waals surface area contributed by atoms with Gasteiger partial charge in [0.15, 0.2) is 14.6 Å². The Kier molecular flexibility index (Phi) is 9.31. The van der Waals surface area contributed by atoms with Crippen LogP contribution in [0.2, 0.25) is 5.02 Å². The average molecular weight is 593 g/mol. The van der Waals surface area contributed by atoms with Crippen LogP contribution >= 0.6 is 22.9 Å². The van der Waals surface area contributed by atoms with E-state index in [9.17, 15) is 18.0 Å². The molecule has 0 N–H and O–H groups in total. The number of carbonyl (C=O) groups excluding carboxylic acids is 2. The molecule has 1 fully saturated rings. The highest BCUT2D eigenvalue weighted by molar-refractivity contribution is 7.91. The van der Waals surface area contributed by atoms with Crippen LogP contribution in [0.3, 0.4) is 0 Å². The Labute approximate surface area is 238 Å². The van der Waals surface area contributed by atoms with Crippen molar-refractivity contribution in [1.82, 2.24) is 9.05 Å². The molecule has 1 aliphatic rings. The van der Waals surface area contributed by atoms with Gasteiger partial charge in [0.2, 0.25) is 10.7 Å². The predicted molar refractivity (Wildman–Crippen MR) is 156 cm³/mol. The van der Waals surface area contributed by atoms with Crippen molar-refractivity contribution in [3.8, 4) is 0 Å². The molecule has 3 aromatic rings. The van der Waals surface area contributed by atoms with E-state index in [0.717, 1.165) is 42.9 Å². The number of aromatic nitrogens is 1. The highest BCUT2D eigenvalue weighted by Gasteiger charge is 2.46. The van der Waals surface area contributed by atoms with Crippen LogP contribution in [0, 0.1) is 0 Å². The fraction of sp³-hybridized carbons (Fsp3) is 0.464. The minimum atomic E-state index is -3.73. The third-order valence-corrected chi connectivity index (χ3v) is 10.6. The van der Waals surface area contributed by atoms with Gasteiger partial charge in [-0.1, -0.05) is 37.1 Å². The Bertz CT molecular complexity index is 1550. The van der Waals surface area contributed by atoms with Gasteiger partial charge in [-0.05, 0) is 72.1 Å². The number of benzene rings is 2. The Morgan fingerprint density at radius 2 is 1.79 bits per heavy atom. The van der Waals surface area contributed by atoms with Gasteiger partial charge in [-0.2, -0.15) is 0 Å². The summed E-state index contributed by atoms with van der Waals surface area (Å²) in [6, 6.07) is 10.2. The first-order valence-electron chi connectivity index (χ1n) is 13.3. The molecule has 1 saturated heterocycles. The largest absolute Gasteiger partial charge is 0.461 e. The minimum Gasteiger partial charge on any atom is -0.461 e. The molecule has 0 radical (unpaired) electrons. The number of hydrogen-bond donors (Lipinski definition) is 0. The van der Waals surface area contributed by atoms with Gasteiger partial charge in [0.05, 0.1) is 36.8 Å². The van der Waals surface area contributed by atoms with E-state index in [1.807, 2.05) is 6.92 Å². The van der Waals surface area contributed by atoms with Crippen LogP contribution in [-0.4, -0.2) is 57.4 Å². The standard InChI is InChI=1S/C28H35ClN3O5S2/c1-4-5-16-37-27(34)25-26(38-28(30-2)31(25)3)32(14-7-6-8-15-32)24(33)13-17-39(35,36)23-12-10-20-18-22(29)11-9-21(20)19-23/h9-12,18-19H,4-8,13-17H2,1-3H3/q+1. The lowest BCUT2D eigenvalue weighted by Crippen LogP contribution is -2.57. The number of ether oxygens (including phenoxy) is 1. The van der Waals surface area contributed by atoms with Gasteiger partial charge in [0.1, 0.15) is 0 Å². The van der Waals surface area contributed by atoms with Crippen LogP contribution in [0.4, 0.5) is 5.00 Å². The summed E-state index contributed by atoms with van der Waals surface area (Å²) in [4.78, 5) is 32.3. The first-order chi connectivity index (χ1) is 18.6. The van der Waals surface area contributed by atoms with Crippen LogP contribution < -0.4 is 9.28 Å². The topological polar surface area (TPSA) is 94.8 Å². The number of esters is 1. The lowest BCUT2D eigenvalue weighted by Gasteiger charge is -2.37. The van der Waals surface area contributed by atoms with Crippen LogP contribution in [0.1, 0.15) is 55.9 Å². The number of likely N-dealkylation sites (tertiary alicyclic amines) is 1. The molecule has 2 heterocycles. The molecule has 1 aliphatic heterocycles. The summed E-state index contributed by atoms with van der Waals surface area (Å²) in [5.41, 5.74) is 0.322. The zero-order valence-electron chi connectivity index (χ0n) is 22.6. The summed E-state index contributed by atoms with van der Waals surface area (Å²) in [6.07, 6.45) is 4.06. The molecule has 11 heteroatoms. The number of sulfone groups is 1. The number of rotatable bonds is 9. The van der Waals surface area contributed by atoms with E-state index < -0.39 is 15.8 Å². The molecule has 0 aliphatic carbocycles. The zero-order valence-corrected chi connectivity index (χ0v) is 25.0.